The van der Waals surface area contributed by atoms with Crippen LogP contribution in [0.3, 0.4) is 0 Å². The second kappa shape index (κ2) is 7.63. The van der Waals surface area contributed by atoms with Gasteiger partial charge in [-0.3, -0.25) is 0 Å². The van der Waals surface area contributed by atoms with Crippen molar-refractivity contribution in [1.82, 2.24) is 4.90 Å². The SMILES string of the molecule is CC(C)(C)OC(=O)N1CC[N-]C(CO)C1.[Cs+]. The molecule has 1 unspecified atom stereocenters. The van der Waals surface area contributed by atoms with Crippen molar-refractivity contribution in [3.63, 3.8) is 0 Å². The molecule has 1 amide bonds. The van der Waals surface area contributed by atoms with Gasteiger partial charge in [0, 0.05) is 19.7 Å². The van der Waals surface area contributed by atoms with E-state index in [1.165, 1.54) is 0 Å². The molecule has 0 aromatic rings. The molecule has 5 nitrogen and oxygen atoms in total. The Balaban J connectivity index is 0.00000225. The molecule has 1 atom stereocenters. The van der Waals surface area contributed by atoms with E-state index in [0.717, 1.165) is 0 Å². The monoisotopic (exact) mass is 348 g/mol. The zero-order valence-electron chi connectivity index (χ0n) is 10.6. The first-order valence-electron chi connectivity index (χ1n) is 5.18. The first-order chi connectivity index (χ1) is 6.92. The van der Waals surface area contributed by atoms with E-state index in [2.05, 4.69) is 5.32 Å². The summed E-state index contributed by atoms with van der Waals surface area (Å²) in [7, 11) is 0. The molecule has 1 heterocycles. The number of nitrogens with zero attached hydrogens (tertiary/aromatic N) is 2. The Morgan fingerprint density at radius 2 is 2.19 bits per heavy atom. The number of aliphatic hydroxyl groups excluding tert-OH is 1. The zero-order chi connectivity index (χ0) is 11.5. The molecule has 1 aliphatic heterocycles. The van der Waals surface area contributed by atoms with Gasteiger partial charge in [0.1, 0.15) is 5.60 Å². The Kier molecular flexibility index (Phi) is 8.22. The van der Waals surface area contributed by atoms with E-state index in [-0.39, 0.29) is 87.6 Å². The second-order valence-corrected chi connectivity index (χ2v) is 4.67. The summed E-state index contributed by atoms with van der Waals surface area (Å²) in [5.41, 5.74) is -0.472. The maximum Gasteiger partial charge on any atom is 1.00 e. The molecule has 0 radical (unpaired) electrons. The number of hydrogen-bond acceptors (Lipinski definition) is 3. The summed E-state index contributed by atoms with van der Waals surface area (Å²) in [4.78, 5) is 13.3. The van der Waals surface area contributed by atoms with Crippen molar-refractivity contribution in [2.75, 3.05) is 26.2 Å². The van der Waals surface area contributed by atoms with E-state index >= 15 is 0 Å². The van der Waals surface area contributed by atoms with E-state index in [9.17, 15) is 4.79 Å². The first kappa shape index (κ1) is 17.2. The fraction of sp³-hybridized carbons (Fsp3) is 0.900. The molecule has 1 rings (SSSR count). The molecule has 0 aromatic heterocycles. The summed E-state index contributed by atoms with van der Waals surface area (Å²) < 4.78 is 5.23. The molecule has 0 bridgehead atoms. The topological polar surface area (TPSA) is 63.9 Å². The molecule has 1 aliphatic rings. The largest absolute Gasteiger partial charge is 1.00 e. The van der Waals surface area contributed by atoms with Crippen LogP contribution in [0.25, 0.3) is 5.32 Å². The van der Waals surface area contributed by atoms with Crippen LogP contribution in [0.15, 0.2) is 0 Å². The first-order valence-corrected chi connectivity index (χ1v) is 5.18. The Morgan fingerprint density at radius 3 is 2.69 bits per heavy atom. The second-order valence-electron chi connectivity index (χ2n) is 4.67. The van der Waals surface area contributed by atoms with Gasteiger partial charge in [-0.25, -0.2) is 4.79 Å². The number of amides is 1. The maximum atomic E-state index is 11.7. The van der Waals surface area contributed by atoms with Crippen molar-refractivity contribution in [3.8, 4) is 0 Å². The predicted octanol–water partition coefficient (Wildman–Crippen LogP) is -2.02. The van der Waals surface area contributed by atoms with Crippen LogP contribution in [0.4, 0.5) is 4.79 Å². The summed E-state index contributed by atoms with van der Waals surface area (Å²) in [6.07, 6.45) is -0.323. The predicted molar refractivity (Wildman–Crippen MR) is 56.9 cm³/mol. The van der Waals surface area contributed by atoms with E-state index in [0.29, 0.717) is 19.6 Å². The van der Waals surface area contributed by atoms with E-state index < -0.39 is 5.60 Å². The number of aliphatic hydroxyl groups is 1. The quantitative estimate of drug-likeness (QED) is 0.595. The normalized spacial score (nSPS) is 21.2. The number of hydrogen-bond donors (Lipinski definition) is 1. The Labute approximate surface area is 156 Å². The molecule has 1 fully saturated rings. The molecular weight excluding hydrogens is 329 g/mol. The maximum absolute atomic E-state index is 11.7. The fourth-order valence-corrected chi connectivity index (χ4v) is 1.37. The smallest absolute Gasteiger partial charge is 0.655 e. The average Bonchev–Trinajstić information content (AvgIpc) is 2.15. The van der Waals surface area contributed by atoms with Gasteiger partial charge in [-0.2, -0.15) is 0 Å². The van der Waals surface area contributed by atoms with Gasteiger partial charge in [-0.1, -0.05) is 6.04 Å². The van der Waals surface area contributed by atoms with E-state index in [1.54, 1.807) is 4.90 Å². The van der Waals surface area contributed by atoms with Crippen molar-refractivity contribution >= 4 is 6.09 Å². The van der Waals surface area contributed by atoms with E-state index in [4.69, 9.17) is 9.84 Å². The third-order valence-electron chi connectivity index (χ3n) is 2.05. The van der Waals surface area contributed by atoms with Gasteiger partial charge < -0.3 is 20.1 Å². The van der Waals surface area contributed by atoms with Crippen molar-refractivity contribution < 1.29 is 83.5 Å². The van der Waals surface area contributed by atoms with Gasteiger partial charge in [-0.15, -0.1) is 6.54 Å². The number of rotatable bonds is 1. The van der Waals surface area contributed by atoms with Gasteiger partial charge >= 0.3 is 75.0 Å². The van der Waals surface area contributed by atoms with Crippen LogP contribution in [-0.2, 0) is 4.74 Å². The Bertz CT molecular complexity index is 231. The average molecular weight is 348 g/mol. The minimum absolute atomic E-state index is 0. The van der Waals surface area contributed by atoms with Crippen LogP contribution in [-0.4, -0.2) is 54.0 Å². The molecule has 6 heteroatoms. The number of carbonyl (C=O) groups is 1. The fourth-order valence-electron chi connectivity index (χ4n) is 1.37. The zero-order valence-corrected chi connectivity index (χ0v) is 16.8. The molecule has 88 valence electrons. The van der Waals surface area contributed by atoms with Gasteiger partial charge in [-0.05, 0) is 20.8 Å². The van der Waals surface area contributed by atoms with Crippen LogP contribution >= 0.6 is 0 Å². The summed E-state index contributed by atoms with van der Waals surface area (Å²) in [5, 5.41) is 13.1. The van der Waals surface area contributed by atoms with Crippen molar-refractivity contribution in [1.29, 1.82) is 0 Å². The van der Waals surface area contributed by atoms with Crippen LogP contribution in [0, 0.1) is 0 Å². The minimum atomic E-state index is -0.472. The summed E-state index contributed by atoms with van der Waals surface area (Å²) in [5.74, 6) is 0. The molecule has 0 aliphatic carbocycles. The molecule has 16 heavy (non-hydrogen) atoms. The summed E-state index contributed by atoms with van der Waals surface area (Å²) >= 11 is 0. The Morgan fingerprint density at radius 1 is 1.56 bits per heavy atom. The summed E-state index contributed by atoms with van der Waals surface area (Å²) in [6.45, 7) is 7.09. The number of piperazine rings is 1. The molecule has 0 spiro atoms. The third kappa shape index (κ3) is 6.25. The van der Waals surface area contributed by atoms with Crippen LogP contribution < -0.4 is 68.9 Å². The van der Waals surface area contributed by atoms with Crippen molar-refractivity contribution in [2.24, 2.45) is 0 Å². The van der Waals surface area contributed by atoms with Crippen molar-refractivity contribution in [3.05, 3.63) is 5.32 Å². The summed E-state index contributed by atoms with van der Waals surface area (Å²) in [6, 6.07) is -0.161. The minimum Gasteiger partial charge on any atom is -0.655 e. The number of ether oxygens (including phenoxy) is 1. The molecule has 1 N–H and O–H groups in total. The molecule has 0 saturated carbocycles. The van der Waals surface area contributed by atoms with Crippen LogP contribution in [0.1, 0.15) is 20.8 Å². The van der Waals surface area contributed by atoms with Gasteiger partial charge in [0.25, 0.3) is 0 Å². The number of carbonyl (C=O) groups excluding carboxylic acids is 1. The molecule has 1 saturated heterocycles. The molecular formula is C10H19CsN2O3. The van der Waals surface area contributed by atoms with Crippen LogP contribution in [0.5, 0.6) is 0 Å². The van der Waals surface area contributed by atoms with E-state index in [1.807, 2.05) is 20.8 Å². The van der Waals surface area contributed by atoms with Gasteiger partial charge in [0.15, 0.2) is 0 Å². The third-order valence-corrected chi connectivity index (χ3v) is 2.05. The van der Waals surface area contributed by atoms with Gasteiger partial charge in [0.05, 0.1) is 0 Å². The molecule has 0 aromatic carbocycles. The Hall–Kier alpha value is 1.24. The van der Waals surface area contributed by atoms with Crippen molar-refractivity contribution in [2.45, 2.75) is 32.4 Å². The van der Waals surface area contributed by atoms with Gasteiger partial charge in [0.2, 0.25) is 0 Å². The standard InChI is InChI=1S/C10H19N2O3.Cs/c1-10(2,3)15-9(14)12-5-4-11-8(6-12)7-13;/h8,13H,4-7H2,1-3H3;/q-1;+1. The van der Waals surface area contributed by atoms with Crippen LogP contribution in [0.2, 0.25) is 0 Å².